The zero-order valence-electron chi connectivity index (χ0n) is 17.9. The van der Waals surface area contributed by atoms with E-state index in [0.717, 1.165) is 16.5 Å². The summed E-state index contributed by atoms with van der Waals surface area (Å²) in [5.41, 5.74) is 2.03. The molecule has 0 saturated heterocycles. The first kappa shape index (κ1) is 24.9. The van der Waals surface area contributed by atoms with Crippen molar-refractivity contribution in [2.75, 3.05) is 27.2 Å². The molecule has 0 radical (unpaired) electrons. The highest BCUT2D eigenvalue weighted by Crippen LogP contribution is 2.24. The summed E-state index contributed by atoms with van der Waals surface area (Å²) in [5, 5.41) is 7.47. The van der Waals surface area contributed by atoms with Crippen LogP contribution in [0, 0.1) is 11.6 Å². The Balaban J connectivity index is 0.00000341. The molecule has 1 aromatic heterocycles. The molecular formula is C23H28F2IN5. The number of pyridine rings is 1. The Hall–Kier alpha value is -2.33. The lowest BCUT2D eigenvalue weighted by Crippen LogP contribution is -2.42. The van der Waals surface area contributed by atoms with E-state index < -0.39 is 17.7 Å². The molecule has 0 fully saturated rings. The van der Waals surface area contributed by atoms with Crippen LogP contribution in [-0.2, 0) is 6.54 Å². The van der Waals surface area contributed by atoms with Crippen LogP contribution in [0.4, 0.5) is 8.78 Å². The van der Waals surface area contributed by atoms with Crippen molar-refractivity contribution in [2.24, 2.45) is 4.99 Å². The largest absolute Gasteiger partial charge is 0.357 e. The van der Waals surface area contributed by atoms with Gasteiger partial charge in [-0.3, -0.25) is 4.98 Å². The number of hydrogen-bond acceptors (Lipinski definition) is 3. The van der Waals surface area contributed by atoms with E-state index in [4.69, 9.17) is 0 Å². The van der Waals surface area contributed by atoms with Gasteiger partial charge in [0.1, 0.15) is 11.6 Å². The fourth-order valence-electron chi connectivity index (χ4n) is 3.36. The fourth-order valence-corrected chi connectivity index (χ4v) is 3.36. The number of hydrogen-bond donors (Lipinski definition) is 2. The summed E-state index contributed by atoms with van der Waals surface area (Å²) in [7, 11) is 3.59. The Morgan fingerprint density at radius 2 is 1.74 bits per heavy atom. The Bertz CT molecular complexity index is 1000. The molecule has 1 atom stereocenters. The third-order valence-corrected chi connectivity index (χ3v) is 4.91. The lowest BCUT2D eigenvalue weighted by atomic mass is 10.0. The van der Waals surface area contributed by atoms with Crippen molar-refractivity contribution in [1.82, 2.24) is 20.5 Å². The van der Waals surface area contributed by atoms with Gasteiger partial charge in [0.2, 0.25) is 0 Å². The number of aromatic nitrogens is 1. The van der Waals surface area contributed by atoms with Crippen molar-refractivity contribution in [3.05, 3.63) is 77.5 Å². The zero-order chi connectivity index (χ0) is 21.5. The molecule has 5 nitrogen and oxygen atoms in total. The number of rotatable bonds is 7. The van der Waals surface area contributed by atoms with Crippen molar-refractivity contribution < 1.29 is 8.78 Å². The summed E-state index contributed by atoms with van der Waals surface area (Å²) in [6.45, 7) is 3.40. The van der Waals surface area contributed by atoms with Gasteiger partial charge in [-0.1, -0.05) is 24.3 Å². The maximum Gasteiger partial charge on any atom is 0.191 e. The minimum Gasteiger partial charge on any atom is -0.357 e. The summed E-state index contributed by atoms with van der Waals surface area (Å²) in [5.74, 6) is -0.525. The van der Waals surface area contributed by atoms with Crippen LogP contribution < -0.4 is 10.6 Å². The molecule has 8 heteroatoms. The minimum atomic E-state index is -0.555. The number of benzene rings is 2. The molecule has 0 saturated carbocycles. The standard InChI is InChI=1S/C23H27F2N5.HI/c1-4-26-23(28-14-16-12-13-27-20-11-6-5-8-17(16)20)29-15-21(30(2)3)22-18(24)9-7-10-19(22)25;/h5-13,21H,4,14-15H2,1-3H3,(H2,26,28,29);1H. The van der Waals surface area contributed by atoms with Crippen LogP contribution in [0.25, 0.3) is 10.9 Å². The van der Waals surface area contributed by atoms with Gasteiger partial charge in [0.15, 0.2) is 5.96 Å². The summed E-state index contributed by atoms with van der Waals surface area (Å²) < 4.78 is 28.6. The quantitative estimate of drug-likeness (QED) is 0.264. The molecular weight excluding hydrogens is 511 g/mol. The van der Waals surface area contributed by atoms with Gasteiger partial charge in [-0.15, -0.1) is 24.0 Å². The van der Waals surface area contributed by atoms with Gasteiger partial charge < -0.3 is 15.5 Å². The van der Waals surface area contributed by atoms with Crippen LogP contribution in [0.3, 0.4) is 0 Å². The summed E-state index contributed by atoms with van der Waals surface area (Å²) in [6, 6.07) is 13.3. The fraction of sp³-hybridized carbons (Fsp3) is 0.304. The van der Waals surface area contributed by atoms with Crippen LogP contribution in [0.2, 0.25) is 0 Å². The van der Waals surface area contributed by atoms with E-state index in [1.165, 1.54) is 18.2 Å². The highest BCUT2D eigenvalue weighted by molar-refractivity contribution is 14.0. The van der Waals surface area contributed by atoms with Gasteiger partial charge in [0.25, 0.3) is 0 Å². The second-order valence-corrected chi connectivity index (χ2v) is 7.18. The first-order valence-corrected chi connectivity index (χ1v) is 9.96. The average Bonchev–Trinajstić information content (AvgIpc) is 2.73. The van der Waals surface area contributed by atoms with E-state index in [1.807, 2.05) is 37.3 Å². The normalized spacial score (nSPS) is 12.5. The maximum atomic E-state index is 14.3. The zero-order valence-corrected chi connectivity index (χ0v) is 20.2. The first-order valence-electron chi connectivity index (χ1n) is 9.96. The second kappa shape index (κ2) is 11.9. The molecule has 166 valence electrons. The van der Waals surface area contributed by atoms with E-state index in [1.54, 1.807) is 25.2 Å². The second-order valence-electron chi connectivity index (χ2n) is 7.18. The lowest BCUT2D eigenvalue weighted by Gasteiger charge is -2.26. The van der Waals surface area contributed by atoms with Crippen LogP contribution in [0.1, 0.15) is 24.1 Å². The molecule has 3 rings (SSSR count). The predicted molar refractivity (Wildman–Crippen MR) is 133 cm³/mol. The monoisotopic (exact) mass is 539 g/mol. The summed E-state index contributed by atoms with van der Waals surface area (Å²) >= 11 is 0. The highest BCUT2D eigenvalue weighted by Gasteiger charge is 2.22. The predicted octanol–water partition coefficient (Wildman–Crippen LogP) is 4.49. The Morgan fingerprint density at radius 1 is 1.03 bits per heavy atom. The van der Waals surface area contributed by atoms with Crippen molar-refractivity contribution in [3.63, 3.8) is 0 Å². The molecule has 1 unspecified atom stereocenters. The van der Waals surface area contributed by atoms with E-state index in [0.29, 0.717) is 25.6 Å². The molecule has 1 heterocycles. The Morgan fingerprint density at radius 3 is 2.42 bits per heavy atom. The third-order valence-electron chi connectivity index (χ3n) is 4.91. The number of para-hydroxylation sites is 1. The number of nitrogens with zero attached hydrogens (tertiary/aromatic N) is 3. The van der Waals surface area contributed by atoms with Gasteiger partial charge in [0.05, 0.1) is 18.1 Å². The summed E-state index contributed by atoms with van der Waals surface area (Å²) in [4.78, 5) is 10.8. The molecule has 31 heavy (non-hydrogen) atoms. The van der Waals surface area contributed by atoms with Crippen LogP contribution >= 0.6 is 24.0 Å². The smallest absolute Gasteiger partial charge is 0.191 e. The molecule has 2 N–H and O–H groups in total. The molecule has 0 amide bonds. The SMILES string of the molecule is CCNC(=NCc1ccnc2ccccc12)NCC(c1c(F)cccc1F)N(C)C.I. The van der Waals surface area contributed by atoms with E-state index >= 15 is 0 Å². The number of aliphatic imine (C=N–C) groups is 1. The lowest BCUT2D eigenvalue weighted by molar-refractivity contribution is 0.282. The van der Waals surface area contributed by atoms with E-state index in [2.05, 4.69) is 20.6 Å². The van der Waals surface area contributed by atoms with Gasteiger partial charge in [0, 0.05) is 30.2 Å². The van der Waals surface area contributed by atoms with Crippen LogP contribution in [0.15, 0.2) is 59.7 Å². The van der Waals surface area contributed by atoms with Crippen LogP contribution in [-0.4, -0.2) is 43.0 Å². The first-order chi connectivity index (χ1) is 14.5. The molecule has 0 bridgehead atoms. The summed E-state index contributed by atoms with van der Waals surface area (Å²) in [6.07, 6.45) is 1.77. The number of fused-ring (bicyclic) bond motifs is 1. The Labute approximate surface area is 199 Å². The van der Waals surface area contributed by atoms with Crippen molar-refractivity contribution in [2.45, 2.75) is 19.5 Å². The van der Waals surface area contributed by atoms with Crippen LogP contribution in [0.5, 0.6) is 0 Å². The number of likely N-dealkylation sites (N-methyl/N-ethyl adjacent to an activating group) is 1. The maximum absolute atomic E-state index is 14.3. The molecule has 0 aliphatic heterocycles. The van der Waals surface area contributed by atoms with Crippen molar-refractivity contribution >= 4 is 40.8 Å². The minimum absolute atomic E-state index is 0. The third kappa shape index (κ3) is 6.33. The van der Waals surface area contributed by atoms with Gasteiger partial charge in [-0.2, -0.15) is 0 Å². The number of guanidine groups is 1. The number of nitrogens with one attached hydrogen (secondary N) is 2. The van der Waals surface area contributed by atoms with E-state index in [9.17, 15) is 8.78 Å². The van der Waals surface area contributed by atoms with E-state index in [-0.39, 0.29) is 29.5 Å². The van der Waals surface area contributed by atoms with Crippen molar-refractivity contribution in [1.29, 1.82) is 0 Å². The highest BCUT2D eigenvalue weighted by atomic mass is 127. The molecule has 3 aromatic rings. The average molecular weight is 539 g/mol. The van der Waals surface area contributed by atoms with Gasteiger partial charge >= 0.3 is 0 Å². The van der Waals surface area contributed by atoms with Gasteiger partial charge in [-0.05, 0) is 50.8 Å². The molecule has 0 aliphatic rings. The Kier molecular flexibility index (Phi) is 9.57. The molecule has 0 aliphatic carbocycles. The molecule has 2 aromatic carbocycles. The van der Waals surface area contributed by atoms with Gasteiger partial charge in [-0.25, -0.2) is 13.8 Å². The number of halogens is 3. The van der Waals surface area contributed by atoms with Crippen molar-refractivity contribution in [3.8, 4) is 0 Å². The topological polar surface area (TPSA) is 52.6 Å². The molecule has 0 spiro atoms.